The normalized spacial score (nSPS) is 17.7. The van der Waals surface area contributed by atoms with Crippen LogP contribution in [0.25, 0.3) is 11.1 Å². The average molecular weight is 620 g/mol. The third-order valence-electron chi connectivity index (χ3n) is 8.86. The topological polar surface area (TPSA) is 126 Å². The highest BCUT2D eigenvalue weighted by Crippen LogP contribution is 2.41. The Kier molecular flexibility index (Phi) is 10.1. The van der Waals surface area contributed by atoms with Crippen molar-refractivity contribution in [1.29, 1.82) is 5.26 Å². The van der Waals surface area contributed by atoms with Gasteiger partial charge in [0.25, 0.3) is 0 Å². The van der Waals surface area contributed by atoms with E-state index in [2.05, 4.69) is 67.4 Å². The number of rotatable bonds is 8. The van der Waals surface area contributed by atoms with Crippen LogP contribution in [0.4, 0.5) is 0 Å². The molecule has 1 amide bonds. The number of aryl methyl sites for hydroxylation is 1. The number of nitriles is 1. The van der Waals surface area contributed by atoms with Gasteiger partial charge < -0.3 is 25.4 Å². The molecule has 0 aliphatic carbocycles. The van der Waals surface area contributed by atoms with E-state index in [9.17, 15) is 9.90 Å². The molecule has 0 aromatic heterocycles. The summed E-state index contributed by atoms with van der Waals surface area (Å²) < 4.78 is 12.6. The zero-order valence-corrected chi connectivity index (χ0v) is 26.5. The minimum Gasteiger partial charge on any atom is -0.485 e. The molecule has 0 saturated carbocycles. The van der Waals surface area contributed by atoms with E-state index in [-0.39, 0.29) is 36.2 Å². The van der Waals surface area contributed by atoms with Gasteiger partial charge in [0.15, 0.2) is 17.6 Å². The average Bonchev–Trinajstić information content (AvgIpc) is 3.06. The second-order valence-corrected chi connectivity index (χ2v) is 12.4. The number of fused-ring (bicyclic) bond motifs is 2. The van der Waals surface area contributed by atoms with Gasteiger partial charge in [-0.05, 0) is 91.3 Å². The van der Waals surface area contributed by atoms with Crippen molar-refractivity contribution in [2.75, 3.05) is 13.2 Å². The molecule has 0 spiro atoms. The summed E-state index contributed by atoms with van der Waals surface area (Å²) in [4.78, 5) is 16.0. The minimum atomic E-state index is -0.410. The fourth-order valence-corrected chi connectivity index (χ4v) is 6.22. The van der Waals surface area contributed by atoms with Crippen LogP contribution in [0.3, 0.4) is 0 Å². The summed E-state index contributed by atoms with van der Waals surface area (Å²) in [6.07, 6.45) is 0.901. The first-order valence-electron chi connectivity index (χ1n) is 15.6. The Hall–Kier alpha value is -4.68. The van der Waals surface area contributed by atoms with Crippen LogP contribution in [-0.2, 0) is 24.2 Å². The molecule has 2 heterocycles. The number of aliphatic hydroxyl groups is 1. The van der Waals surface area contributed by atoms with Crippen LogP contribution in [0.5, 0.6) is 11.5 Å². The van der Waals surface area contributed by atoms with Gasteiger partial charge in [0.1, 0.15) is 6.61 Å². The zero-order chi connectivity index (χ0) is 31.5. The largest absolute Gasteiger partial charge is 0.485 e. The van der Waals surface area contributed by atoms with E-state index in [1.807, 2.05) is 54.6 Å². The van der Waals surface area contributed by atoms with Gasteiger partial charge in [-0.15, -0.1) is 0 Å². The van der Waals surface area contributed by atoms with Crippen molar-refractivity contribution < 1.29 is 24.9 Å². The molecule has 0 fully saturated rings. The van der Waals surface area contributed by atoms with Crippen LogP contribution in [-0.4, -0.2) is 52.7 Å². The first kappa shape index (κ1) is 32.7. The van der Waals surface area contributed by atoms with Crippen LogP contribution < -0.4 is 14.8 Å². The predicted octanol–water partition coefficient (Wildman–Crippen LogP) is 5.08. The maximum Gasteiger partial charge on any atom is 0.238 e. The first-order valence-corrected chi connectivity index (χ1v) is 15.6. The Balaban J connectivity index is 0.00000417. The maximum atomic E-state index is 13.7. The second kappa shape index (κ2) is 14.2. The van der Waals surface area contributed by atoms with Crippen molar-refractivity contribution in [2.24, 2.45) is 0 Å². The Morgan fingerprint density at radius 1 is 0.978 bits per heavy atom. The van der Waals surface area contributed by atoms with Crippen molar-refractivity contribution in [2.45, 2.75) is 64.4 Å². The van der Waals surface area contributed by atoms with Crippen molar-refractivity contribution in [1.82, 2.24) is 10.2 Å². The van der Waals surface area contributed by atoms with Crippen LogP contribution in [0.2, 0.25) is 0 Å². The fourth-order valence-electron chi connectivity index (χ4n) is 6.22. The molecular weight excluding hydrogens is 578 g/mol. The van der Waals surface area contributed by atoms with E-state index in [1.54, 1.807) is 0 Å². The van der Waals surface area contributed by atoms with Gasteiger partial charge in [-0.3, -0.25) is 9.69 Å². The van der Waals surface area contributed by atoms with Crippen LogP contribution in [0.1, 0.15) is 53.3 Å². The predicted molar refractivity (Wildman–Crippen MR) is 178 cm³/mol. The van der Waals surface area contributed by atoms with Gasteiger partial charge >= 0.3 is 0 Å². The van der Waals surface area contributed by atoms with E-state index in [1.165, 1.54) is 5.56 Å². The number of benzene rings is 4. The molecule has 46 heavy (non-hydrogen) atoms. The molecule has 238 valence electrons. The van der Waals surface area contributed by atoms with Crippen LogP contribution >= 0.6 is 0 Å². The zero-order valence-electron chi connectivity index (χ0n) is 26.5. The number of carbonyl (C=O) groups is 1. The van der Waals surface area contributed by atoms with Crippen molar-refractivity contribution >= 4 is 5.91 Å². The first-order chi connectivity index (χ1) is 21.8. The van der Waals surface area contributed by atoms with Crippen LogP contribution in [0.15, 0.2) is 84.9 Å². The highest BCUT2D eigenvalue weighted by molar-refractivity contribution is 5.83. The lowest BCUT2D eigenvalue weighted by molar-refractivity contribution is -0.129. The van der Waals surface area contributed by atoms with Crippen LogP contribution in [0, 0.1) is 18.3 Å². The lowest BCUT2D eigenvalue weighted by Crippen LogP contribution is -2.55. The Labute approximate surface area is 270 Å². The summed E-state index contributed by atoms with van der Waals surface area (Å²) in [7, 11) is 0. The summed E-state index contributed by atoms with van der Waals surface area (Å²) in [5.74, 6) is 1.37. The van der Waals surface area contributed by atoms with Gasteiger partial charge in [0.2, 0.25) is 5.91 Å². The van der Waals surface area contributed by atoms with Gasteiger partial charge in [0, 0.05) is 12.6 Å². The lowest BCUT2D eigenvalue weighted by Gasteiger charge is -2.40. The van der Waals surface area contributed by atoms with Crippen molar-refractivity contribution in [3.05, 3.63) is 118 Å². The third-order valence-corrected chi connectivity index (χ3v) is 8.86. The molecule has 0 saturated heterocycles. The highest BCUT2D eigenvalue weighted by atomic mass is 16.6. The molecular formula is C38H41N3O5. The molecule has 4 N–H and O–H groups in total. The number of ether oxygens (including phenoxy) is 2. The number of nitrogens with one attached hydrogen (secondary N) is 1. The molecule has 0 bridgehead atoms. The molecule has 1 unspecified atom stereocenters. The van der Waals surface area contributed by atoms with E-state index in [0.717, 1.165) is 39.1 Å². The van der Waals surface area contributed by atoms with E-state index in [0.29, 0.717) is 37.3 Å². The number of aliphatic hydroxyl groups excluding tert-OH is 1. The number of hydrogen-bond acceptors (Lipinski definition) is 6. The molecule has 8 nitrogen and oxygen atoms in total. The quantitative estimate of drug-likeness (QED) is 0.284. The monoisotopic (exact) mass is 619 g/mol. The van der Waals surface area contributed by atoms with Crippen molar-refractivity contribution in [3.63, 3.8) is 0 Å². The fraction of sp³-hybridized carbons (Fsp3) is 0.316. The lowest BCUT2D eigenvalue weighted by atomic mass is 9.91. The SMILES string of the molecule is Cc1ccc(C2COc3cc4c(cc3O2)CN(C(C)C)[C@H](C(=O)N[C@H](CO)Cc2ccc(-c3ccc(C#N)cc3)cc2)C4)cc1.O. The van der Waals surface area contributed by atoms with Gasteiger partial charge in [0.05, 0.1) is 30.3 Å². The molecule has 2 aliphatic rings. The summed E-state index contributed by atoms with van der Waals surface area (Å²) in [6.45, 7) is 7.18. The van der Waals surface area contributed by atoms with E-state index in [4.69, 9.17) is 14.7 Å². The highest BCUT2D eigenvalue weighted by Gasteiger charge is 2.35. The summed E-state index contributed by atoms with van der Waals surface area (Å²) >= 11 is 0. The maximum absolute atomic E-state index is 13.7. The summed E-state index contributed by atoms with van der Waals surface area (Å²) in [5.41, 5.74) is 8.24. The molecule has 4 aromatic rings. The molecule has 0 radical (unpaired) electrons. The Morgan fingerprint density at radius 3 is 2.26 bits per heavy atom. The second-order valence-electron chi connectivity index (χ2n) is 12.4. The van der Waals surface area contributed by atoms with E-state index < -0.39 is 6.04 Å². The molecule has 8 heteroatoms. The molecule has 2 aliphatic heterocycles. The van der Waals surface area contributed by atoms with Gasteiger partial charge in [-0.2, -0.15) is 5.26 Å². The Bertz CT molecular complexity index is 1700. The number of amides is 1. The van der Waals surface area contributed by atoms with Crippen molar-refractivity contribution in [3.8, 4) is 28.7 Å². The number of hydrogen-bond donors (Lipinski definition) is 2. The van der Waals surface area contributed by atoms with Gasteiger partial charge in [-0.25, -0.2) is 0 Å². The number of carbonyl (C=O) groups excluding carboxylic acids is 1. The summed E-state index contributed by atoms with van der Waals surface area (Å²) in [5, 5.41) is 22.4. The molecule has 4 aromatic carbocycles. The molecule has 6 rings (SSSR count). The third kappa shape index (κ3) is 7.08. The number of nitrogens with zero attached hydrogens (tertiary/aromatic N) is 2. The van der Waals surface area contributed by atoms with E-state index >= 15 is 0 Å². The molecule has 3 atom stereocenters. The standard InChI is InChI=1S/C38H39N3O4.H2O/c1-24(2)41-21-32-19-36-35(44-23-37(45-36)30-10-4-25(3)5-11-30)18-31(32)17-34(41)38(43)40-33(22-42)16-26-6-12-28(13-7-26)29-14-8-27(20-39)9-15-29;/h4-15,18-19,24,33-34,37,42H,16-17,21-23H2,1-3H3,(H,40,43);1H2/t33-,34-,37?;/m0./s1. The smallest absolute Gasteiger partial charge is 0.238 e. The minimum absolute atomic E-state index is 0. The van der Waals surface area contributed by atoms with Gasteiger partial charge in [-0.1, -0.05) is 66.2 Å². The Morgan fingerprint density at radius 2 is 1.63 bits per heavy atom. The summed E-state index contributed by atoms with van der Waals surface area (Å²) in [6, 6.07) is 29.6.